The summed E-state index contributed by atoms with van der Waals surface area (Å²) in [4.78, 5) is 60.3. The molecule has 0 aliphatic rings. The molecule has 0 bridgehead atoms. The number of aliphatic carboxylic acids is 1. The monoisotopic (exact) mass is 473 g/mol. The number of amides is 4. The van der Waals surface area contributed by atoms with Gasteiger partial charge in [-0.1, -0.05) is 27.7 Å². The van der Waals surface area contributed by atoms with Crippen LogP contribution in [0.4, 0.5) is 0 Å². The Kier molecular flexibility index (Phi) is 13.2. The molecule has 9 N–H and O–H groups in total. The fourth-order valence-electron chi connectivity index (χ4n) is 3.06. The van der Waals surface area contributed by atoms with Crippen molar-refractivity contribution in [2.24, 2.45) is 23.3 Å². The van der Waals surface area contributed by atoms with Crippen LogP contribution in [-0.2, 0) is 24.0 Å². The molecule has 0 fully saturated rings. The third-order valence-corrected chi connectivity index (χ3v) is 4.76. The number of hydrogen-bond donors (Lipinski definition) is 7. The van der Waals surface area contributed by atoms with E-state index in [2.05, 4.69) is 16.0 Å². The molecule has 5 unspecified atom stereocenters. The second-order valence-electron chi connectivity index (χ2n) is 9.06. The predicted molar refractivity (Wildman–Crippen MR) is 120 cm³/mol. The SMILES string of the molecule is CC(C)CC(N)C(=O)NC(C(=O)NC(CC(C)C)C(=O)NC(CCC(N)=O)C(=O)O)C(C)O. The standard InChI is InChI=1S/C21H39N5O7/c1-10(2)8-13(22)18(29)26-17(12(5)27)20(31)25-15(9-11(3)4)19(30)24-14(21(32)33)6-7-16(23)28/h10-15,17,27H,6-9,22H2,1-5H3,(H2,23,28)(H,24,30)(H,25,31)(H,26,29)(H,32,33). The fourth-order valence-corrected chi connectivity index (χ4v) is 3.06. The van der Waals surface area contributed by atoms with E-state index >= 15 is 0 Å². The molecule has 0 aromatic rings. The number of nitrogens with two attached hydrogens (primary N) is 2. The van der Waals surface area contributed by atoms with Gasteiger partial charge < -0.3 is 37.6 Å². The van der Waals surface area contributed by atoms with Gasteiger partial charge in [-0.2, -0.15) is 0 Å². The first-order valence-corrected chi connectivity index (χ1v) is 11.0. The molecular formula is C21H39N5O7. The maximum Gasteiger partial charge on any atom is 0.326 e. The summed E-state index contributed by atoms with van der Waals surface area (Å²) in [6, 6.07) is -4.77. The summed E-state index contributed by atoms with van der Waals surface area (Å²) in [5.74, 6) is -4.20. The smallest absolute Gasteiger partial charge is 0.326 e. The first-order valence-electron chi connectivity index (χ1n) is 11.0. The highest BCUT2D eigenvalue weighted by Crippen LogP contribution is 2.09. The summed E-state index contributed by atoms with van der Waals surface area (Å²) in [6.45, 7) is 8.67. The van der Waals surface area contributed by atoms with Gasteiger partial charge in [-0.25, -0.2) is 4.79 Å². The van der Waals surface area contributed by atoms with Crippen molar-refractivity contribution in [3.8, 4) is 0 Å². The molecule has 5 atom stereocenters. The van der Waals surface area contributed by atoms with E-state index in [1.54, 1.807) is 13.8 Å². The summed E-state index contributed by atoms with van der Waals surface area (Å²) in [6.07, 6.45) is -1.21. The third-order valence-electron chi connectivity index (χ3n) is 4.76. The van der Waals surface area contributed by atoms with E-state index in [0.717, 1.165) is 0 Å². The lowest BCUT2D eigenvalue weighted by Crippen LogP contribution is -2.60. The van der Waals surface area contributed by atoms with Crippen molar-refractivity contribution in [3.63, 3.8) is 0 Å². The highest BCUT2D eigenvalue weighted by Gasteiger charge is 2.32. The first kappa shape index (κ1) is 30.3. The molecule has 0 saturated heterocycles. The van der Waals surface area contributed by atoms with Crippen molar-refractivity contribution in [3.05, 3.63) is 0 Å². The number of aliphatic hydroxyl groups excluding tert-OH is 1. The van der Waals surface area contributed by atoms with E-state index in [9.17, 15) is 34.2 Å². The summed E-state index contributed by atoms with van der Waals surface area (Å²) in [7, 11) is 0. The molecule has 0 spiro atoms. The van der Waals surface area contributed by atoms with Crippen LogP contribution in [0.5, 0.6) is 0 Å². The Bertz CT molecular complexity index is 696. The molecule has 0 heterocycles. The van der Waals surface area contributed by atoms with Crippen LogP contribution in [0.15, 0.2) is 0 Å². The number of carbonyl (C=O) groups excluding carboxylic acids is 4. The zero-order valence-corrected chi connectivity index (χ0v) is 20.0. The van der Waals surface area contributed by atoms with Crippen LogP contribution in [0.25, 0.3) is 0 Å². The second-order valence-corrected chi connectivity index (χ2v) is 9.06. The lowest BCUT2D eigenvalue weighted by molar-refractivity contribution is -0.142. The minimum absolute atomic E-state index is 0.0611. The minimum atomic E-state index is -1.38. The minimum Gasteiger partial charge on any atom is -0.480 e. The van der Waals surface area contributed by atoms with Gasteiger partial charge >= 0.3 is 5.97 Å². The number of nitrogens with one attached hydrogen (secondary N) is 3. The molecule has 0 rings (SSSR count). The maximum absolute atomic E-state index is 12.8. The van der Waals surface area contributed by atoms with Crippen LogP contribution >= 0.6 is 0 Å². The summed E-state index contributed by atoms with van der Waals surface area (Å²) >= 11 is 0. The summed E-state index contributed by atoms with van der Waals surface area (Å²) < 4.78 is 0. The van der Waals surface area contributed by atoms with Crippen molar-refractivity contribution in [1.82, 2.24) is 16.0 Å². The Balaban J connectivity index is 5.43. The van der Waals surface area contributed by atoms with E-state index in [4.69, 9.17) is 11.5 Å². The Morgan fingerprint density at radius 1 is 0.788 bits per heavy atom. The topological polar surface area (TPSA) is 214 Å². The van der Waals surface area contributed by atoms with Gasteiger partial charge in [-0.05, 0) is 38.0 Å². The van der Waals surface area contributed by atoms with E-state index in [0.29, 0.717) is 6.42 Å². The Morgan fingerprint density at radius 2 is 1.30 bits per heavy atom. The molecule has 0 aromatic carbocycles. The molecule has 0 saturated carbocycles. The number of carbonyl (C=O) groups is 5. The molecule has 0 aliphatic carbocycles. The normalized spacial score (nSPS) is 15.8. The molecule has 0 aliphatic heterocycles. The average Bonchev–Trinajstić information content (AvgIpc) is 2.66. The first-order chi connectivity index (χ1) is 15.1. The number of carboxylic acid groups (broad SMARTS) is 1. The highest BCUT2D eigenvalue weighted by atomic mass is 16.4. The molecule has 33 heavy (non-hydrogen) atoms. The average molecular weight is 474 g/mol. The second kappa shape index (κ2) is 14.4. The molecule has 4 amide bonds. The molecular weight excluding hydrogens is 434 g/mol. The van der Waals surface area contributed by atoms with Crippen molar-refractivity contribution < 1.29 is 34.2 Å². The van der Waals surface area contributed by atoms with E-state index in [1.165, 1.54) is 6.92 Å². The van der Waals surface area contributed by atoms with E-state index < -0.39 is 59.9 Å². The number of aliphatic hydroxyl groups is 1. The lowest BCUT2D eigenvalue weighted by atomic mass is 10.0. The van der Waals surface area contributed by atoms with Crippen molar-refractivity contribution in [2.75, 3.05) is 0 Å². The highest BCUT2D eigenvalue weighted by molar-refractivity contribution is 5.94. The van der Waals surface area contributed by atoms with Crippen LogP contribution in [-0.4, -0.2) is 70.1 Å². The van der Waals surface area contributed by atoms with Gasteiger partial charge in [0.1, 0.15) is 18.1 Å². The van der Waals surface area contributed by atoms with Crippen LogP contribution < -0.4 is 27.4 Å². The number of carboxylic acids is 1. The summed E-state index contributed by atoms with van der Waals surface area (Å²) in [5.41, 5.74) is 10.9. The molecule has 0 radical (unpaired) electrons. The van der Waals surface area contributed by atoms with Crippen LogP contribution in [0.1, 0.15) is 60.3 Å². The molecule has 0 aromatic heterocycles. The van der Waals surface area contributed by atoms with Crippen molar-refractivity contribution in [2.45, 2.75) is 90.6 Å². The molecule has 12 heteroatoms. The largest absolute Gasteiger partial charge is 0.480 e. The quantitative estimate of drug-likeness (QED) is 0.150. The van der Waals surface area contributed by atoms with Gasteiger partial charge in [-0.15, -0.1) is 0 Å². The lowest BCUT2D eigenvalue weighted by Gasteiger charge is -2.27. The van der Waals surface area contributed by atoms with Crippen molar-refractivity contribution in [1.29, 1.82) is 0 Å². The summed E-state index contributed by atoms with van der Waals surface area (Å²) in [5, 5.41) is 26.5. The predicted octanol–water partition coefficient (Wildman–Crippen LogP) is -1.41. The van der Waals surface area contributed by atoms with E-state index in [-0.39, 0.29) is 31.1 Å². The van der Waals surface area contributed by atoms with Gasteiger partial charge in [-0.3, -0.25) is 19.2 Å². The maximum atomic E-state index is 12.8. The van der Waals surface area contributed by atoms with Crippen LogP contribution in [0.3, 0.4) is 0 Å². The third kappa shape index (κ3) is 12.2. The van der Waals surface area contributed by atoms with Crippen molar-refractivity contribution >= 4 is 29.6 Å². The van der Waals surface area contributed by atoms with Gasteiger partial charge in [0.05, 0.1) is 12.1 Å². The number of hydrogen-bond acceptors (Lipinski definition) is 7. The van der Waals surface area contributed by atoms with E-state index in [1.807, 2.05) is 13.8 Å². The Hall–Kier alpha value is -2.73. The van der Waals surface area contributed by atoms with Gasteiger partial charge in [0.25, 0.3) is 0 Å². The Labute approximate surface area is 194 Å². The Morgan fingerprint density at radius 3 is 1.73 bits per heavy atom. The van der Waals surface area contributed by atoms with Gasteiger partial charge in [0.15, 0.2) is 0 Å². The fraction of sp³-hybridized carbons (Fsp3) is 0.762. The number of rotatable bonds is 15. The van der Waals surface area contributed by atoms with Crippen LogP contribution in [0.2, 0.25) is 0 Å². The number of primary amides is 1. The molecule has 12 nitrogen and oxygen atoms in total. The van der Waals surface area contributed by atoms with Gasteiger partial charge in [0, 0.05) is 6.42 Å². The zero-order chi connectivity index (χ0) is 25.9. The zero-order valence-electron chi connectivity index (χ0n) is 20.0. The van der Waals surface area contributed by atoms with Gasteiger partial charge in [0.2, 0.25) is 23.6 Å². The van der Waals surface area contributed by atoms with Crippen LogP contribution in [0, 0.1) is 11.8 Å². The molecule has 190 valence electrons.